The van der Waals surface area contributed by atoms with Crippen molar-refractivity contribution in [2.45, 2.75) is 18.8 Å². The number of aromatic amines is 1. The Morgan fingerprint density at radius 2 is 2.20 bits per heavy atom. The van der Waals surface area contributed by atoms with Crippen molar-refractivity contribution in [1.82, 2.24) is 15.2 Å². The lowest BCUT2D eigenvalue weighted by Crippen LogP contribution is -2.10. The molecule has 0 aliphatic heterocycles. The van der Waals surface area contributed by atoms with Gasteiger partial charge < -0.3 is 5.32 Å². The molecule has 5 nitrogen and oxygen atoms in total. The number of hydrogen-bond acceptors (Lipinski definition) is 3. The standard InChI is InChI=1S/C18H14ClFN4O/c19-12-8-15(17(21-9-12)11-3-4-11)22-16(25)6-2-10-1-5-13-14(7-10)23-24-18(13)20/h1-2,5-9,11H,3-4H2,(H,22,25)(H,23,24)/b6-2+. The highest BCUT2D eigenvalue weighted by atomic mass is 35.5. The topological polar surface area (TPSA) is 70.7 Å². The summed E-state index contributed by atoms with van der Waals surface area (Å²) in [6.45, 7) is 0. The Hall–Kier alpha value is -2.73. The SMILES string of the molecule is O=C(/C=C/c1ccc2c(F)n[nH]c2c1)Nc1cc(Cl)cnc1C1CC1. The van der Waals surface area contributed by atoms with Crippen molar-refractivity contribution in [3.8, 4) is 0 Å². The molecule has 0 unspecified atom stereocenters. The lowest BCUT2D eigenvalue weighted by atomic mass is 10.1. The lowest BCUT2D eigenvalue weighted by molar-refractivity contribution is -0.111. The number of rotatable bonds is 4. The second kappa shape index (κ2) is 6.29. The van der Waals surface area contributed by atoms with Gasteiger partial charge in [0, 0.05) is 18.2 Å². The van der Waals surface area contributed by atoms with Crippen LogP contribution < -0.4 is 5.32 Å². The minimum atomic E-state index is -0.538. The number of carbonyl (C=O) groups is 1. The maximum atomic E-state index is 13.3. The van der Waals surface area contributed by atoms with E-state index in [1.165, 1.54) is 6.08 Å². The number of anilines is 1. The van der Waals surface area contributed by atoms with Gasteiger partial charge in [0.05, 0.1) is 27.3 Å². The Kier molecular flexibility index (Phi) is 3.97. The van der Waals surface area contributed by atoms with Crippen molar-refractivity contribution in [2.24, 2.45) is 0 Å². The van der Waals surface area contributed by atoms with E-state index in [9.17, 15) is 9.18 Å². The maximum absolute atomic E-state index is 13.3. The van der Waals surface area contributed by atoms with E-state index in [2.05, 4.69) is 20.5 Å². The van der Waals surface area contributed by atoms with Crippen LogP contribution in [0.1, 0.15) is 30.0 Å². The van der Waals surface area contributed by atoms with Crippen molar-refractivity contribution in [2.75, 3.05) is 5.32 Å². The molecule has 2 aromatic heterocycles. The van der Waals surface area contributed by atoms with Gasteiger partial charge in [-0.15, -0.1) is 5.10 Å². The zero-order valence-electron chi connectivity index (χ0n) is 13.1. The summed E-state index contributed by atoms with van der Waals surface area (Å²) < 4.78 is 13.3. The molecule has 3 aromatic rings. The molecule has 0 atom stereocenters. The van der Waals surface area contributed by atoms with E-state index in [0.717, 1.165) is 24.1 Å². The van der Waals surface area contributed by atoms with Gasteiger partial charge in [0.1, 0.15) is 0 Å². The number of carbonyl (C=O) groups excluding carboxylic acids is 1. The number of H-pyrrole nitrogens is 1. The summed E-state index contributed by atoms with van der Waals surface area (Å²) in [5, 5.41) is 9.85. The van der Waals surface area contributed by atoms with Crippen molar-refractivity contribution in [1.29, 1.82) is 0 Å². The number of nitrogens with one attached hydrogen (secondary N) is 2. The van der Waals surface area contributed by atoms with Gasteiger partial charge in [-0.25, -0.2) is 0 Å². The predicted molar refractivity (Wildman–Crippen MR) is 94.9 cm³/mol. The van der Waals surface area contributed by atoms with E-state index in [1.807, 2.05) is 0 Å². The van der Waals surface area contributed by atoms with Crippen molar-refractivity contribution in [3.63, 3.8) is 0 Å². The van der Waals surface area contributed by atoms with Crippen LogP contribution in [0.3, 0.4) is 0 Å². The van der Waals surface area contributed by atoms with Crippen molar-refractivity contribution >= 4 is 40.2 Å². The molecule has 1 aliphatic rings. The van der Waals surface area contributed by atoms with E-state index in [1.54, 1.807) is 36.5 Å². The van der Waals surface area contributed by atoms with Crippen LogP contribution in [-0.2, 0) is 4.79 Å². The van der Waals surface area contributed by atoms with Gasteiger partial charge in [-0.2, -0.15) is 4.39 Å². The first-order chi connectivity index (χ1) is 12.1. The number of fused-ring (bicyclic) bond motifs is 1. The Morgan fingerprint density at radius 1 is 1.36 bits per heavy atom. The van der Waals surface area contributed by atoms with Crippen LogP contribution >= 0.6 is 11.6 Å². The number of aromatic nitrogens is 3. The third-order valence-electron chi connectivity index (χ3n) is 4.07. The molecule has 4 rings (SSSR count). The summed E-state index contributed by atoms with van der Waals surface area (Å²) in [6, 6.07) is 6.79. The van der Waals surface area contributed by atoms with Crippen LogP contribution in [0, 0.1) is 5.95 Å². The molecule has 1 saturated carbocycles. The Balaban J connectivity index is 1.51. The first-order valence-electron chi connectivity index (χ1n) is 7.88. The average molecular weight is 357 g/mol. The van der Waals surface area contributed by atoms with Crippen molar-refractivity contribution in [3.05, 3.63) is 58.8 Å². The van der Waals surface area contributed by atoms with E-state index in [4.69, 9.17) is 11.6 Å². The maximum Gasteiger partial charge on any atom is 0.248 e. The van der Waals surface area contributed by atoms with Gasteiger partial charge in [0.25, 0.3) is 0 Å². The van der Waals surface area contributed by atoms with E-state index in [-0.39, 0.29) is 5.91 Å². The first-order valence-corrected chi connectivity index (χ1v) is 8.26. The molecule has 1 amide bonds. The molecule has 1 aliphatic carbocycles. The number of hydrogen-bond donors (Lipinski definition) is 2. The number of pyridine rings is 1. The van der Waals surface area contributed by atoms with Crippen LogP contribution in [0.4, 0.5) is 10.1 Å². The molecule has 2 N–H and O–H groups in total. The second-order valence-electron chi connectivity index (χ2n) is 6.00. The van der Waals surface area contributed by atoms with Crippen molar-refractivity contribution < 1.29 is 9.18 Å². The molecule has 25 heavy (non-hydrogen) atoms. The fraction of sp³-hybridized carbons (Fsp3) is 0.167. The molecular formula is C18H14ClFN4O. The third-order valence-corrected chi connectivity index (χ3v) is 4.28. The highest BCUT2D eigenvalue weighted by Crippen LogP contribution is 2.42. The van der Waals surface area contributed by atoms with Gasteiger partial charge in [0.2, 0.25) is 11.9 Å². The van der Waals surface area contributed by atoms with Gasteiger partial charge in [-0.1, -0.05) is 17.7 Å². The molecule has 0 spiro atoms. The Bertz CT molecular complexity index is 994. The zero-order chi connectivity index (χ0) is 17.4. The summed E-state index contributed by atoms with van der Waals surface area (Å²) in [7, 11) is 0. The highest BCUT2D eigenvalue weighted by Gasteiger charge is 2.28. The molecular weight excluding hydrogens is 343 g/mol. The molecule has 2 heterocycles. The number of amides is 1. The van der Waals surface area contributed by atoms with Gasteiger partial charge in [-0.3, -0.25) is 14.9 Å². The number of nitrogens with zero attached hydrogens (tertiary/aromatic N) is 2. The summed E-state index contributed by atoms with van der Waals surface area (Å²) in [4.78, 5) is 16.5. The third kappa shape index (κ3) is 3.39. The number of halogens is 2. The summed E-state index contributed by atoms with van der Waals surface area (Å²) in [5.41, 5.74) is 2.87. The first kappa shape index (κ1) is 15.8. The predicted octanol–water partition coefficient (Wildman–Crippen LogP) is 4.28. The summed E-state index contributed by atoms with van der Waals surface area (Å²) >= 11 is 5.98. The summed E-state index contributed by atoms with van der Waals surface area (Å²) in [5.74, 6) is -0.416. The number of benzene rings is 1. The van der Waals surface area contributed by atoms with Crippen LogP contribution in [0.15, 0.2) is 36.5 Å². The van der Waals surface area contributed by atoms with Crippen LogP contribution in [-0.4, -0.2) is 21.1 Å². The quantitative estimate of drug-likeness (QED) is 0.685. The molecule has 1 aromatic carbocycles. The van der Waals surface area contributed by atoms with Gasteiger partial charge >= 0.3 is 0 Å². The second-order valence-corrected chi connectivity index (χ2v) is 6.44. The zero-order valence-corrected chi connectivity index (χ0v) is 13.8. The molecule has 0 saturated heterocycles. The van der Waals surface area contributed by atoms with Gasteiger partial charge in [0.15, 0.2) is 0 Å². The Morgan fingerprint density at radius 3 is 3.00 bits per heavy atom. The fourth-order valence-corrected chi connectivity index (χ4v) is 2.84. The van der Waals surface area contributed by atoms with E-state index >= 15 is 0 Å². The lowest BCUT2D eigenvalue weighted by Gasteiger charge is -2.08. The molecule has 1 fully saturated rings. The highest BCUT2D eigenvalue weighted by molar-refractivity contribution is 6.30. The minimum Gasteiger partial charge on any atom is -0.321 e. The Labute approximate surface area is 147 Å². The van der Waals surface area contributed by atoms with Crippen LogP contribution in [0.2, 0.25) is 5.02 Å². The summed E-state index contributed by atoms with van der Waals surface area (Å²) in [6.07, 6.45) is 6.83. The molecule has 7 heteroatoms. The minimum absolute atomic E-state index is 0.276. The average Bonchev–Trinajstić information content (AvgIpc) is 3.37. The van der Waals surface area contributed by atoms with E-state index in [0.29, 0.717) is 27.5 Å². The largest absolute Gasteiger partial charge is 0.321 e. The smallest absolute Gasteiger partial charge is 0.248 e. The van der Waals surface area contributed by atoms with E-state index < -0.39 is 5.95 Å². The molecule has 126 valence electrons. The molecule has 0 radical (unpaired) electrons. The monoisotopic (exact) mass is 356 g/mol. The van der Waals surface area contributed by atoms with Gasteiger partial charge in [-0.05, 0) is 42.7 Å². The van der Waals surface area contributed by atoms with Crippen LogP contribution in [0.5, 0.6) is 0 Å². The van der Waals surface area contributed by atoms with Crippen LogP contribution in [0.25, 0.3) is 17.0 Å². The molecule has 0 bridgehead atoms. The fourth-order valence-electron chi connectivity index (χ4n) is 2.69. The normalized spacial score (nSPS) is 14.3.